The monoisotopic (exact) mass is 520 g/mol. The normalized spacial score (nSPS) is 22.8. The Hall–Kier alpha value is -3.28. The Morgan fingerprint density at radius 1 is 1.25 bits per heavy atom. The minimum Gasteiger partial charge on any atom is -0.497 e. The summed E-state index contributed by atoms with van der Waals surface area (Å²) in [5.74, 6) is -1.24. The molecule has 1 fully saturated rings. The summed E-state index contributed by atoms with van der Waals surface area (Å²) in [4.78, 5) is 66.6. The number of amides is 4. The number of methoxy groups -OCH3 is 1. The van der Waals surface area contributed by atoms with Crippen molar-refractivity contribution in [2.75, 3.05) is 40.1 Å². The minimum absolute atomic E-state index is 0.235. The predicted molar refractivity (Wildman–Crippen MR) is 132 cm³/mol. The number of likely N-dealkylation sites (tertiary alicyclic amines) is 1. The number of carbonyl (C=O) groups excluding carboxylic acids is 5. The molecule has 0 unspecified atom stereocenters. The van der Waals surface area contributed by atoms with E-state index in [1.165, 1.54) is 35.6 Å². The number of thioether (sulfide) groups is 1. The molecule has 0 bridgehead atoms. The molecule has 196 valence electrons. The summed E-state index contributed by atoms with van der Waals surface area (Å²) in [6, 6.07) is 2.22. The van der Waals surface area contributed by atoms with Crippen LogP contribution in [0.4, 0.5) is 0 Å². The van der Waals surface area contributed by atoms with Gasteiger partial charge in [-0.25, -0.2) is 4.79 Å². The SMILES string of the molecule is COc1ccc2c(c1)C(=O)OC[C@@H](NC(=O)[C@@H]1CCCN1C(C)=O)C(=O)N[C@@H](C(=O)N(C)C)CSC2. The maximum atomic E-state index is 13.2. The minimum atomic E-state index is -1.26. The largest absolute Gasteiger partial charge is 0.497 e. The summed E-state index contributed by atoms with van der Waals surface area (Å²) >= 11 is 1.38. The van der Waals surface area contributed by atoms with Gasteiger partial charge in [0.25, 0.3) is 0 Å². The van der Waals surface area contributed by atoms with Crippen LogP contribution < -0.4 is 15.4 Å². The number of hydrogen-bond donors (Lipinski definition) is 2. The van der Waals surface area contributed by atoms with Gasteiger partial charge in [-0.1, -0.05) is 6.07 Å². The molecule has 11 nitrogen and oxygen atoms in total. The zero-order valence-electron chi connectivity index (χ0n) is 20.9. The highest BCUT2D eigenvalue weighted by molar-refractivity contribution is 7.98. The van der Waals surface area contributed by atoms with Crippen molar-refractivity contribution in [1.82, 2.24) is 20.4 Å². The molecule has 0 saturated carbocycles. The van der Waals surface area contributed by atoms with Crippen LogP contribution in [0.15, 0.2) is 18.2 Å². The van der Waals surface area contributed by atoms with Gasteiger partial charge in [0.1, 0.15) is 30.5 Å². The number of hydrogen-bond acceptors (Lipinski definition) is 8. The van der Waals surface area contributed by atoms with Crippen LogP contribution in [-0.4, -0.2) is 97.6 Å². The van der Waals surface area contributed by atoms with Crippen LogP contribution in [0.3, 0.4) is 0 Å². The fourth-order valence-electron chi connectivity index (χ4n) is 4.15. The molecule has 2 heterocycles. The lowest BCUT2D eigenvalue weighted by molar-refractivity contribution is -0.139. The summed E-state index contributed by atoms with van der Waals surface area (Å²) in [6.07, 6.45) is 1.13. The number of rotatable bonds is 4. The van der Waals surface area contributed by atoms with E-state index >= 15 is 0 Å². The summed E-state index contributed by atoms with van der Waals surface area (Å²) < 4.78 is 10.7. The Bertz CT molecular complexity index is 1030. The molecule has 2 N–H and O–H groups in total. The molecule has 3 atom stereocenters. The maximum absolute atomic E-state index is 13.2. The van der Waals surface area contributed by atoms with Crippen molar-refractivity contribution in [3.05, 3.63) is 29.3 Å². The van der Waals surface area contributed by atoms with Gasteiger partial charge >= 0.3 is 5.97 Å². The van der Waals surface area contributed by atoms with E-state index in [1.807, 2.05) is 0 Å². The van der Waals surface area contributed by atoms with E-state index < -0.39 is 42.5 Å². The summed E-state index contributed by atoms with van der Waals surface area (Å²) in [5, 5.41) is 5.32. The highest BCUT2D eigenvalue weighted by atomic mass is 32.2. The molecule has 1 saturated heterocycles. The number of nitrogens with one attached hydrogen (secondary N) is 2. The Balaban J connectivity index is 1.88. The molecule has 2 aliphatic rings. The first-order chi connectivity index (χ1) is 17.1. The van der Waals surface area contributed by atoms with Gasteiger partial charge < -0.3 is 29.9 Å². The van der Waals surface area contributed by atoms with Crippen LogP contribution >= 0.6 is 11.8 Å². The number of ether oxygens (including phenoxy) is 2. The average Bonchev–Trinajstić information content (AvgIpc) is 3.35. The molecule has 1 aromatic rings. The fourth-order valence-corrected chi connectivity index (χ4v) is 5.20. The Morgan fingerprint density at radius 2 is 2.00 bits per heavy atom. The molecule has 4 amide bonds. The van der Waals surface area contributed by atoms with Gasteiger partial charge in [0.15, 0.2) is 0 Å². The first-order valence-corrected chi connectivity index (χ1v) is 12.8. The van der Waals surface area contributed by atoms with Crippen molar-refractivity contribution in [2.45, 2.75) is 43.6 Å². The predicted octanol–water partition coefficient (Wildman–Crippen LogP) is 0.168. The van der Waals surface area contributed by atoms with E-state index in [4.69, 9.17) is 9.47 Å². The van der Waals surface area contributed by atoms with Crippen LogP contribution in [0.25, 0.3) is 0 Å². The number of benzene rings is 1. The van der Waals surface area contributed by atoms with Gasteiger partial charge in [0.05, 0.1) is 12.7 Å². The number of esters is 1. The summed E-state index contributed by atoms with van der Waals surface area (Å²) in [6.45, 7) is 1.39. The first-order valence-electron chi connectivity index (χ1n) is 11.6. The van der Waals surface area contributed by atoms with E-state index in [0.29, 0.717) is 36.5 Å². The van der Waals surface area contributed by atoms with E-state index in [1.54, 1.807) is 32.3 Å². The molecule has 0 spiro atoms. The van der Waals surface area contributed by atoms with Crippen LogP contribution in [0.1, 0.15) is 35.7 Å². The Labute approximate surface area is 214 Å². The van der Waals surface area contributed by atoms with Crippen molar-refractivity contribution in [3.63, 3.8) is 0 Å². The lowest BCUT2D eigenvalue weighted by Gasteiger charge is -2.28. The number of fused-ring (bicyclic) bond motifs is 1. The van der Waals surface area contributed by atoms with E-state index in [9.17, 15) is 24.0 Å². The zero-order chi connectivity index (χ0) is 26.4. The lowest BCUT2D eigenvalue weighted by Crippen LogP contribution is -2.58. The van der Waals surface area contributed by atoms with Crippen molar-refractivity contribution in [3.8, 4) is 5.75 Å². The molecule has 1 aromatic carbocycles. The third kappa shape index (κ3) is 6.48. The van der Waals surface area contributed by atoms with Gasteiger partial charge in [0, 0.05) is 39.1 Å². The lowest BCUT2D eigenvalue weighted by atomic mass is 10.1. The van der Waals surface area contributed by atoms with Gasteiger partial charge in [-0.05, 0) is 30.5 Å². The highest BCUT2D eigenvalue weighted by Gasteiger charge is 2.36. The Kier molecular flexibility index (Phi) is 9.19. The number of carbonyl (C=O) groups is 5. The molecular weight excluding hydrogens is 488 g/mol. The molecule has 2 aliphatic heterocycles. The van der Waals surface area contributed by atoms with Crippen LogP contribution in [0, 0.1) is 0 Å². The standard InChI is InChI=1S/C24H32N4O7S/c1-14(29)28-9-5-6-20(28)22(31)25-18-11-35-24(33)17-10-16(34-4)8-7-15(17)12-36-13-19(26-21(18)30)23(32)27(2)3/h7-8,10,18-20H,5-6,9,11-13H2,1-4H3,(H,25,31)(H,26,30)/t18-,19-,20+/m1/s1. The second-order valence-electron chi connectivity index (χ2n) is 8.86. The third-order valence-electron chi connectivity index (χ3n) is 6.11. The van der Waals surface area contributed by atoms with E-state index in [0.717, 1.165) is 0 Å². The molecule has 12 heteroatoms. The van der Waals surface area contributed by atoms with E-state index in [-0.39, 0.29) is 23.1 Å². The van der Waals surface area contributed by atoms with Crippen molar-refractivity contribution in [2.24, 2.45) is 0 Å². The number of cyclic esters (lactones) is 1. The molecule has 0 aliphatic carbocycles. The molecule has 0 radical (unpaired) electrons. The van der Waals surface area contributed by atoms with Crippen molar-refractivity contribution in [1.29, 1.82) is 0 Å². The first kappa shape index (κ1) is 27.3. The molecule has 0 aromatic heterocycles. The quantitative estimate of drug-likeness (QED) is 0.537. The van der Waals surface area contributed by atoms with Gasteiger partial charge in [-0.2, -0.15) is 11.8 Å². The second-order valence-corrected chi connectivity index (χ2v) is 9.89. The third-order valence-corrected chi connectivity index (χ3v) is 7.19. The maximum Gasteiger partial charge on any atom is 0.338 e. The average molecular weight is 521 g/mol. The summed E-state index contributed by atoms with van der Waals surface area (Å²) in [7, 11) is 4.67. The smallest absolute Gasteiger partial charge is 0.338 e. The number of likely N-dealkylation sites (N-methyl/N-ethyl adjacent to an activating group) is 1. The number of nitrogens with zero attached hydrogens (tertiary/aromatic N) is 2. The highest BCUT2D eigenvalue weighted by Crippen LogP contribution is 2.24. The van der Waals surface area contributed by atoms with Crippen LogP contribution in [-0.2, 0) is 29.7 Å². The topological polar surface area (TPSA) is 134 Å². The van der Waals surface area contributed by atoms with Gasteiger partial charge in [-0.15, -0.1) is 0 Å². The fraction of sp³-hybridized carbons (Fsp3) is 0.542. The van der Waals surface area contributed by atoms with Crippen LogP contribution in [0.2, 0.25) is 0 Å². The Morgan fingerprint density at radius 3 is 2.67 bits per heavy atom. The molecule has 3 rings (SSSR count). The summed E-state index contributed by atoms with van der Waals surface area (Å²) in [5.41, 5.74) is 0.972. The van der Waals surface area contributed by atoms with Crippen LogP contribution in [0.5, 0.6) is 5.75 Å². The van der Waals surface area contributed by atoms with Crippen molar-refractivity contribution >= 4 is 41.4 Å². The molecular formula is C24H32N4O7S. The zero-order valence-corrected chi connectivity index (χ0v) is 21.7. The molecule has 36 heavy (non-hydrogen) atoms. The van der Waals surface area contributed by atoms with Crippen molar-refractivity contribution < 1.29 is 33.4 Å². The van der Waals surface area contributed by atoms with Gasteiger partial charge in [0.2, 0.25) is 23.6 Å². The van der Waals surface area contributed by atoms with E-state index in [2.05, 4.69) is 10.6 Å². The van der Waals surface area contributed by atoms with Gasteiger partial charge in [-0.3, -0.25) is 19.2 Å². The second kappa shape index (κ2) is 12.1.